The topological polar surface area (TPSA) is 89.8 Å². The number of carbonyl (C=O) groups excluding carboxylic acids is 1. The van der Waals surface area contributed by atoms with Gasteiger partial charge in [0.25, 0.3) is 5.91 Å². The van der Waals surface area contributed by atoms with E-state index in [1.54, 1.807) is 6.07 Å². The second kappa shape index (κ2) is 7.85. The molecular formula is C22H28N6O2. The molecule has 2 aliphatic heterocycles. The molecule has 1 saturated heterocycles. The van der Waals surface area contributed by atoms with E-state index >= 15 is 0 Å². The minimum Gasteiger partial charge on any atom is -0.361 e. The molecule has 0 aromatic carbocycles. The van der Waals surface area contributed by atoms with Crippen molar-refractivity contribution in [3.63, 3.8) is 0 Å². The Balaban J connectivity index is 1.51. The number of H-pyrrole nitrogens is 1. The Morgan fingerprint density at radius 3 is 2.77 bits per heavy atom. The van der Waals surface area contributed by atoms with Gasteiger partial charge in [0.15, 0.2) is 0 Å². The normalized spacial score (nSPS) is 21.7. The molecule has 0 radical (unpaired) electrons. The predicted octanol–water partition coefficient (Wildman–Crippen LogP) is 1.85. The molecule has 3 aliphatic rings. The number of carbonyl (C=O) groups is 1. The first kappa shape index (κ1) is 19.3. The Kier molecular flexibility index (Phi) is 5.04. The first-order valence-corrected chi connectivity index (χ1v) is 10.8. The number of hydrogen-bond donors (Lipinski definition) is 2. The molecule has 8 heteroatoms. The number of amides is 1. The van der Waals surface area contributed by atoms with Crippen LogP contribution in [0.15, 0.2) is 21.3 Å². The highest BCUT2D eigenvalue weighted by Gasteiger charge is 2.29. The zero-order valence-electron chi connectivity index (χ0n) is 17.6. The number of aromatic amines is 1. The van der Waals surface area contributed by atoms with E-state index in [0.29, 0.717) is 22.7 Å². The van der Waals surface area contributed by atoms with Crippen LogP contribution in [0.3, 0.4) is 0 Å². The van der Waals surface area contributed by atoms with Gasteiger partial charge in [0.05, 0.1) is 5.57 Å². The summed E-state index contributed by atoms with van der Waals surface area (Å²) in [5, 5.41) is 8.26. The molecule has 4 heterocycles. The molecule has 8 nitrogen and oxygen atoms in total. The van der Waals surface area contributed by atoms with Crippen molar-refractivity contribution in [1.29, 1.82) is 0 Å². The van der Waals surface area contributed by atoms with E-state index in [0.717, 1.165) is 51.3 Å². The molecule has 1 aliphatic carbocycles. The fourth-order valence-corrected chi connectivity index (χ4v) is 4.60. The molecule has 158 valence electrons. The van der Waals surface area contributed by atoms with Gasteiger partial charge >= 0.3 is 0 Å². The molecule has 1 amide bonds. The SMILES string of the molecule is Cc1cc(C2=NNC(=O)/C2=C/c2[nH]c3c(c2CN2CCN(C)CC2)CCCC3)no1. The van der Waals surface area contributed by atoms with Gasteiger partial charge in [-0.15, -0.1) is 0 Å². The molecule has 2 aromatic rings. The number of hydrogen-bond acceptors (Lipinski definition) is 6. The first-order valence-electron chi connectivity index (χ1n) is 10.8. The molecule has 2 N–H and O–H groups in total. The second-order valence-corrected chi connectivity index (χ2v) is 8.54. The maximum atomic E-state index is 12.6. The number of fused-ring (bicyclic) bond motifs is 1. The summed E-state index contributed by atoms with van der Waals surface area (Å²) in [7, 11) is 2.18. The third-order valence-electron chi connectivity index (χ3n) is 6.35. The van der Waals surface area contributed by atoms with Crippen molar-refractivity contribution in [1.82, 2.24) is 25.4 Å². The Labute approximate surface area is 176 Å². The standard InChI is InChI=1S/C22H28N6O2/c1-14-11-20(26-30-14)21-16(22(29)25-24-21)12-19-17(13-28-9-7-27(2)8-10-28)15-5-3-4-6-18(15)23-19/h11-12,23H,3-10,13H2,1-2H3,(H,25,29)/b16-12+. The number of likely N-dealkylation sites (N-methyl/N-ethyl adjacent to an activating group) is 1. The van der Waals surface area contributed by atoms with Crippen molar-refractivity contribution in [2.75, 3.05) is 33.2 Å². The van der Waals surface area contributed by atoms with Crippen molar-refractivity contribution < 1.29 is 9.32 Å². The average Bonchev–Trinajstić information content (AvgIpc) is 3.42. The number of rotatable bonds is 4. The number of nitrogens with one attached hydrogen (secondary N) is 2. The van der Waals surface area contributed by atoms with Crippen molar-refractivity contribution in [2.45, 2.75) is 39.2 Å². The second-order valence-electron chi connectivity index (χ2n) is 8.54. The van der Waals surface area contributed by atoms with Gasteiger partial charge in [0.2, 0.25) is 0 Å². The van der Waals surface area contributed by atoms with Crippen LogP contribution in [0.25, 0.3) is 6.08 Å². The molecule has 0 unspecified atom stereocenters. The zero-order valence-corrected chi connectivity index (χ0v) is 17.6. The minimum atomic E-state index is -0.205. The summed E-state index contributed by atoms with van der Waals surface area (Å²) >= 11 is 0. The molecular weight excluding hydrogens is 380 g/mol. The Bertz CT molecular complexity index is 1020. The van der Waals surface area contributed by atoms with Crippen LogP contribution in [0.5, 0.6) is 0 Å². The van der Waals surface area contributed by atoms with E-state index in [1.807, 2.05) is 13.0 Å². The lowest BCUT2D eigenvalue weighted by molar-refractivity contribution is -0.116. The first-order chi connectivity index (χ1) is 14.6. The van der Waals surface area contributed by atoms with Crippen molar-refractivity contribution in [3.05, 3.63) is 45.6 Å². The maximum Gasteiger partial charge on any atom is 0.273 e. The van der Waals surface area contributed by atoms with Crippen LogP contribution in [-0.4, -0.2) is 64.8 Å². The lowest BCUT2D eigenvalue weighted by atomic mass is 9.93. The Morgan fingerprint density at radius 2 is 2.00 bits per heavy atom. The van der Waals surface area contributed by atoms with Crippen molar-refractivity contribution in [3.8, 4) is 0 Å². The monoisotopic (exact) mass is 408 g/mol. The van der Waals surface area contributed by atoms with Crippen LogP contribution >= 0.6 is 0 Å². The minimum absolute atomic E-state index is 0.205. The van der Waals surface area contributed by atoms with Gasteiger partial charge in [0.1, 0.15) is 17.2 Å². The predicted molar refractivity (Wildman–Crippen MR) is 114 cm³/mol. The zero-order chi connectivity index (χ0) is 20.7. The number of nitrogens with zero attached hydrogens (tertiary/aromatic N) is 4. The van der Waals surface area contributed by atoms with Gasteiger partial charge in [-0.1, -0.05) is 5.16 Å². The molecule has 1 fully saturated rings. The summed E-state index contributed by atoms with van der Waals surface area (Å²) < 4.78 is 5.19. The van der Waals surface area contributed by atoms with Crippen LogP contribution in [-0.2, 0) is 24.2 Å². The summed E-state index contributed by atoms with van der Waals surface area (Å²) in [5.41, 5.74) is 9.36. The van der Waals surface area contributed by atoms with Crippen LogP contribution in [0.1, 0.15) is 46.8 Å². The molecule has 0 spiro atoms. The van der Waals surface area contributed by atoms with Crippen molar-refractivity contribution >= 4 is 17.7 Å². The quantitative estimate of drug-likeness (QED) is 0.754. The number of aryl methyl sites for hydroxylation is 2. The summed E-state index contributed by atoms with van der Waals surface area (Å²) in [6.45, 7) is 7.06. The van der Waals surface area contributed by atoms with E-state index in [1.165, 1.54) is 29.7 Å². The summed E-state index contributed by atoms with van der Waals surface area (Å²) in [6, 6.07) is 1.80. The number of aromatic nitrogens is 2. The fourth-order valence-electron chi connectivity index (χ4n) is 4.60. The van der Waals surface area contributed by atoms with Gasteiger partial charge < -0.3 is 14.4 Å². The van der Waals surface area contributed by atoms with E-state index in [9.17, 15) is 4.79 Å². The molecule has 5 rings (SSSR count). The molecule has 0 saturated carbocycles. The summed E-state index contributed by atoms with van der Waals surface area (Å²) in [4.78, 5) is 21.1. The highest BCUT2D eigenvalue weighted by atomic mass is 16.5. The summed E-state index contributed by atoms with van der Waals surface area (Å²) in [5.74, 6) is 0.487. The van der Waals surface area contributed by atoms with E-state index in [2.05, 4.69) is 37.5 Å². The number of piperazine rings is 1. The third-order valence-corrected chi connectivity index (χ3v) is 6.35. The maximum absolute atomic E-state index is 12.6. The van der Waals surface area contributed by atoms with Crippen LogP contribution in [0.2, 0.25) is 0 Å². The highest BCUT2D eigenvalue weighted by Crippen LogP contribution is 2.30. The van der Waals surface area contributed by atoms with E-state index < -0.39 is 0 Å². The lowest BCUT2D eigenvalue weighted by Crippen LogP contribution is -2.44. The van der Waals surface area contributed by atoms with Crippen LogP contribution in [0, 0.1) is 6.92 Å². The molecule has 30 heavy (non-hydrogen) atoms. The van der Waals surface area contributed by atoms with Crippen LogP contribution in [0.4, 0.5) is 0 Å². The van der Waals surface area contributed by atoms with Gasteiger partial charge in [-0.05, 0) is 56.9 Å². The largest absolute Gasteiger partial charge is 0.361 e. The average molecular weight is 409 g/mol. The lowest BCUT2D eigenvalue weighted by Gasteiger charge is -2.32. The Hall–Kier alpha value is -2.71. The number of hydrazone groups is 1. The smallest absolute Gasteiger partial charge is 0.273 e. The fraction of sp³-hybridized carbons (Fsp3) is 0.500. The Morgan fingerprint density at radius 1 is 1.20 bits per heavy atom. The van der Waals surface area contributed by atoms with E-state index in [4.69, 9.17) is 4.52 Å². The van der Waals surface area contributed by atoms with Gasteiger partial charge in [-0.2, -0.15) is 5.10 Å². The molecule has 0 atom stereocenters. The highest BCUT2D eigenvalue weighted by molar-refractivity contribution is 6.32. The molecule has 0 bridgehead atoms. The van der Waals surface area contributed by atoms with Gasteiger partial charge in [0, 0.05) is 50.2 Å². The van der Waals surface area contributed by atoms with Gasteiger partial charge in [-0.25, -0.2) is 5.43 Å². The van der Waals surface area contributed by atoms with Crippen molar-refractivity contribution in [2.24, 2.45) is 5.10 Å². The van der Waals surface area contributed by atoms with E-state index in [-0.39, 0.29) is 5.91 Å². The van der Waals surface area contributed by atoms with Gasteiger partial charge in [-0.3, -0.25) is 9.69 Å². The third kappa shape index (κ3) is 3.61. The molecule has 2 aromatic heterocycles. The van der Waals surface area contributed by atoms with Crippen LogP contribution < -0.4 is 5.43 Å². The summed E-state index contributed by atoms with van der Waals surface area (Å²) in [6.07, 6.45) is 6.57.